The van der Waals surface area contributed by atoms with Crippen molar-refractivity contribution in [1.29, 1.82) is 0 Å². The molecule has 0 bridgehead atoms. The van der Waals surface area contributed by atoms with Gasteiger partial charge < -0.3 is 19.9 Å². The molecular formula is C26H32N4O3S. The molecule has 2 aliphatic rings. The molecule has 2 saturated heterocycles. The van der Waals surface area contributed by atoms with E-state index in [0.717, 1.165) is 59.0 Å². The lowest BCUT2D eigenvalue weighted by Crippen LogP contribution is -2.47. The predicted molar refractivity (Wildman–Crippen MR) is 137 cm³/mol. The van der Waals surface area contributed by atoms with Crippen LogP contribution in [0.2, 0.25) is 0 Å². The Labute approximate surface area is 204 Å². The highest BCUT2D eigenvalue weighted by atomic mass is 32.1. The molecule has 1 N–H and O–H groups in total. The van der Waals surface area contributed by atoms with E-state index in [1.54, 1.807) is 18.3 Å². The van der Waals surface area contributed by atoms with Gasteiger partial charge in [0.25, 0.3) is 0 Å². The van der Waals surface area contributed by atoms with Crippen molar-refractivity contribution in [2.24, 2.45) is 5.92 Å². The van der Waals surface area contributed by atoms with Crippen molar-refractivity contribution in [3.63, 3.8) is 0 Å². The number of carbonyl (C=O) groups excluding carboxylic acids is 2. The van der Waals surface area contributed by atoms with Gasteiger partial charge in [0.2, 0.25) is 11.8 Å². The van der Waals surface area contributed by atoms with Gasteiger partial charge in [-0.2, -0.15) is 0 Å². The minimum absolute atomic E-state index is 0.0816. The lowest BCUT2D eigenvalue weighted by Gasteiger charge is -2.36. The Balaban J connectivity index is 1.48. The molecule has 2 aromatic rings. The van der Waals surface area contributed by atoms with Gasteiger partial charge in [-0.05, 0) is 43.2 Å². The van der Waals surface area contributed by atoms with Crippen LogP contribution >= 0.6 is 11.3 Å². The number of hydrogen-bond donors (Lipinski definition) is 1. The molecule has 34 heavy (non-hydrogen) atoms. The molecule has 1 aromatic carbocycles. The average molecular weight is 481 g/mol. The molecule has 1 aromatic heterocycles. The number of benzene rings is 1. The third-order valence-electron chi connectivity index (χ3n) is 6.60. The largest absolute Gasteiger partial charge is 0.489 e. The van der Waals surface area contributed by atoms with Crippen LogP contribution in [-0.4, -0.2) is 65.4 Å². The first kappa shape index (κ1) is 24.0. The van der Waals surface area contributed by atoms with E-state index < -0.39 is 0 Å². The second-order valence-corrected chi connectivity index (χ2v) is 9.69. The fourth-order valence-electron chi connectivity index (χ4n) is 4.41. The Morgan fingerprint density at radius 1 is 1.26 bits per heavy atom. The van der Waals surface area contributed by atoms with Crippen LogP contribution in [0.15, 0.2) is 48.1 Å². The van der Waals surface area contributed by atoms with Crippen molar-refractivity contribution in [2.75, 3.05) is 32.7 Å². The van der Waals surface area contributed by atoms with Gasteiger partial charge in [0.15, 0.2) is 0 Å². The number of fused-ring (bicyclic) bond motifs is 1. The minimum atomic E-state index is -0.0911. The number of nitrogens with zero attached hydrogens (tertiary/aromatic N) is 3. The predicted octanol–water partition coefficient (Wildman–Crippen LogP) is 3.84. The van der Waals surface area contributed by atoms with E-state index >= 15 is 0 Å². The number of nitrogens with one attached hydrogen (secondary N) is 1. The zero-order valence-corrected chi connectivity index (χ0v) is 20.9. The second-order valence-electron chi connectivity index (χ2n) is 8.83. The summed E-state index contributed by atoms with van der Waals surface area (Å²) in [5.74, 6) is 1.15. The van der Waals surface area contributed by atoms with Crippen LogP contribution in [0.25, 0.3) is 15.8 Å². The van der Waals surface area contributed by atoms with Gasteiger partial charge in [-0.15, -0.1) is 11.3 Å². The van der Waals surface area contributed by atoms with Gasteiger partial charge in [-0.3, -0.25) is 9.59 Å². The summed E-state index contributed by atoms with van der Waals surface area (Å²) in [7, 11) is 0. The molecule has 2 amide bonds. The van der Waals surface area contributed by atoms with Crippen LogP contribution in [0.3, 0.4) is 0 Å². The summed E-state index contributed by atoms with van der Waals surface area (Å²) in [6.45, 7) is 13.7. The summed E-state index contributed by atoms with van der Waals surface area (Å²) >= 11 is 1.55. The molecule has 0 spiro atoms. The highest BCUT2D eigenvalue weighted by molar-refractivity contribution is 7.17. The number of amides is 2. The van der Waals surface area contributed by atoms with E-state index in [1.165, 1.54) is 0 Å². The van der Waals surface area contributed by atoms with E-state index in [0.29, 0.717) is 13.0 Å². The number of carbonyl (C=O) groups is 2. The number of piperazine rings is 1. The summed E-state index contributed by atoms with van der Waals surface area (Å²) in [5, 5.41) is 2.89. The van der Waals surface area contributed by atoms with Crippen LogP contribution in [0.4, 0.5) is 0 Å². The van der Waals surface area contributed by atoms with Gasteiger partial charge >= 0.3 is 0 Å². The maximum Gasteiger partial charge on any atom is 0.220 e. The van der Waals surface area contributed by atoms with Gasteiger partial charge in [-0.1, -0.05) is 18.7 Å². The molecule has 180 valence electrons. The summed E-state index contributed by atoms with van der Waals surface area (Å²) in [4.78, 5) is 31.9. The topological polar surface area (TPSA) is 74.8 Å². The molecule has 7 nitrogen and oxygen atoms in total. The molecule has 2 fully saturated rings. The van der Waals surface area contributed by atoms with Crippen molar-refractivity contribution in [3.05, 3.63) is 53.7 Å². The Bertz CT molecular complexity index is 1140. The van der Waals surface area contributed by atoms with E-state index in [4.69, 9.17) is 4.74 Å². The minimum Gasteiger partial charge on any atom is -0.489 e. The fraction of sp³-hybridized carbons (Fsp3) is 0.423. The third kappa shape index (κ3) is 5.33. The molecule has 2 aliphatic heterocycles. The normalized spacial score (nSPS) is 20.1. The lowest BCUT2D eigenvalue weighted by atomic mass is 10.0. The van der Waals surface area contributed by atoms with Gasteiger partial charge in [0.05, 0.1) is 15.7 Å². The third-order valence-corrected chi connectivity index (χ3v) is 7.45. The van der Waals surface area contributed by atoms with Crippen LogP contribution < -0.4 is 10.1 Å². The van der Waals surface area contributed by atoms with E-state index in [2.05, 4.69) is 33.9 Å². The smallest absolute Gasteiger partial charge is 0.220 e. The highest BCUT2D eigenvalue weighted by Gasteiger charge is 2.28. The first-order valence-corrected chi connectivity index (χ1v) is 12.6. The molecule has 3 heterocycles. The maximum absolute atomic E-state index is 11.6. The number of aromatic nitrogens is 1. The molecule has 0 saturated carbocycles. The van der Waals surface area contributed by atoms with Crippen LogP contribution in [0.1, 0.15) is 32.8 Å². The molecule has 8 heteroatoms. The lowest BCUT2D eigenvalue weighted by molar-refractivity contribution is -0.130. The summed E-state index contributed by atoms with van der Waals surface area (Å²) in [6, 6.07) is 4.06. The van der Waals surface area contributed by atoms with Crippen molar-refractivity contribution in [2.45, 2.75) is 33.3 Å². The monoisotopic (exact) mass is 480 g/mol. The molecule has 0 aliphatic carbocycles. The first-order valence-electron chi connectivity index (χ1n) is 11.7. The van der Waals surface area contributed by atoms with Crippen molar-refractivity contribution < 1.29 is 14.3 Å². The number of rotatable bonds is 7. The Kier molecular flexibility index (Phi) is 7.36. The highest BCUT2D eigenvalue weighted by Crippen LogP contribution is 2.35. The van der Waals surface area contributed by atoms with Crippen LogP contribution in [0, 0.1) is 5.92 Å². The zero-order chi connectivity index (χ0) is 24.2. The first-order chi connectivity index (χ1) is 16.4. The SMILES string of the molecule is C=C(/C=C\C(=C/C)N1CCN(C(C)=O)CC1)c1cc(O[C@@H](C)C2CNC(=O)C2)c2scnc2c1. The standard InChI is InChI=1S/C26H32N4O3S/c1-5-22(30-10-8-29(9-11-30)19(4)31)7-6-17(2)20-12-23-26(34-16-28-23)24(13-20)33-18(3)21-14-25(32)27-15-21/h5-7,12-13,16,18,21H,2,8-11,14-15H2,1,3-4H3,(H,27,32)/b7-6-,22-5+/t18-,21?/m0/s1. The average Bonchev–Trinajstić information content (AvgIpc) is 3.48. The van der Waals surface area contributed by atoms with Crippen LogP contribution in [-0.2, 0) is 9.59 Å². The van der Waals surface area contributed by atoms with Crippen molar-refractivity contribution >= 4 is 38.9 Å². The van der Waals surface area contributed by atoms with E-state index in [-0.39, 0.29) is 23.8 Å². The summed E-state index contributed by atoms with van der Waals surface area (Å²) in [5.41, 5.74) is 5.64. The maximum atomic E-state index is 11.6. The summed E-state index contributed by atoms with van der Waals surface area (Å²) < 4.78 is 7.34. The molecule has 4 rings (SSSR count). The number of allylic oxidation sites excluding steroid dienone is 4. The van der Waals surface area contributed by atoms with Crippen LogP contribution in [0.5, 0.6) is 5.75 Å². The number of hydrogen-bond acceptors (Lipinski definition) is 6. The van der Waals surface area contributed by atoms with Gasteiger partial charge in [0, 0.05) is 57.7 Å². The van der Waals surface area contributed by atoms with Crippen molar-refractivity contribution in [3.8, 4) is 5.75 Å². The zero-order valence-electron chi connectivity index (χ0n) is 20.0. The van der Waals surface area contributed by atoms with Crippen molar-refractivity contribution in [1.82, 2.24) is 20.1 Å². The number of thiazole rings is 1. The Hall–Kier alpha value is -3.13. The number of ether oxygens (including phenoxy) is 1. The van der Waals surface area contributed by atoms with Gasteiger partial charge in [0.1, 0.15) is 11.9 Å². The Morgan fingerprint density at radius 3 is 2.65 bits per heavy atom. The quantitative estimate of drug-likeness (QED) is 0.610. The van der Waals surface area contributed by atoms with E-state index in [1.807, 2.05) is 42.5 Å². The van der Waals surface area contributed by atoms with Gasteiger partial charge in [-0.25, -0.2) is 4.98 Å². The molecular weight excluding hydrogens is 448 g/mol. The molecule has 1 unspecified atom stereocenters. The van der Waals surface area contributed by atoms with E-state index in [9.17, 15) is 9.59 Å². The fourth-order valence-corrected chi connectivity index (χ4v) is 5.14. The molecule has 0 radical (unpaired) electrons. The molecule has 2 atom stereocenters. The second kappa shape index (κ2) is 10.4. The Morgan fingerprint density at radius 2 is 2.00 bits per heavy atom. The summed E-state index contributed by atoms with van der Waals surface area (Å²) in [6.07, 6.45) is 6.59.